The predicted octanol–water partition coefficient (Wildman–Crippen LogP) is 7.42. The molecule has 16 nitrogen and oxygen atoms in total. The van der Waals surface area contributed by atoms with Gasteiger partial charge < -0.3 is 25.2 Å². The van der Waals surface area contributed by atoms with Gasteiger partial charge in [0.15, 0.2) is 0 Å². The smallest absolute Gasteiger partial charge is 0.262 e. The molecule has 2 aromatic heterocycles. The molecule has 0 spiro atoms. The van der Waals surface area contributed by atoms with Crippen LogP contribution in [0.2, 0.25) is 0 Å². The number of piperidine rings is 2. The van der Waals surface area contributed by atoms with Crippen LogP contribution in [0.25, 0.3) is 21.9 Å². The van der Waals surface area contributed by atoms with Crippen LogP contribution < -0.4 is 35.8 Å². The molecule has 4 amide bonds. The maximum Gasteiger partial charge on any atom is 0.262 e. The number of aromatic nitrogens is 4. The van der Waals surface area contributed by atoms with E-state index in [1.807, 2.05) is 35.2 Å². The average Bonchev–Trinajstić information content (AvgIpc) is 3.91. The Morgan fingerprint density at radius 3 is 2.28 bits per heavy atom. The first-order valence-electron chi connectivity index (χ1n) is 24.4. The first-order valence-corrected chi connectivity index (χ1v) is 26.7. The molecule has 0 saturated carbocycles. The number of anilines is 6. The highest BCUT2D eigenvalue weighted by Crippen LogP contribution is 2.42. The SMILES string of the molecule is CCc1cnc(Nc2cc(-c3cnn(C)c3)c(N3CCN(CCC4CCN(c5cc6c(cc5F)C(=O)N(C5CCC(=O)NC5=O)C6=O)CC4)CC3)cc2OC)nc1Nc1ccc2ccccc2c1P(C)C. The third kappa shape index (κ3) is 9.52. The Hall–Kier alpha value is -6.97. The molecule has 1 atom stereocenters. The lowest BCUT2D eigenvalue weighted by Gasteiger charge is -2.39. The Morgan fingerprint density at radius 2 is 1.58 bits per heavy atom. The van der Waals surface area contributed by atoms with Crippen molar-refractivity contribution in [1.29, 1.82) is 0 Å². The minimum absolute atomic E-state index is 0.0194. The summed E-state index contributed by atoms with van der Waals surface area (Å²) in [5, 5.41) is 17.7. The number of ether oxygens (including phenoxy) is 1. The van der Waals surface area contributed by atoms with Crippen LogP contribution in [-0.4, -0.2) is 125 Å². The third-order valence-electron chi connectivity index (χ3n) is 14.5. The number of halogens is 1. The molecule has 18 heteroatoms. The number of hydrogen-bond acceptors (Lipinski definition) is 13. The van der Waals surface area contributed by atoms with Crippen LogP contribution in [0.4, 0.5) is 38.9 Å². The summed E-state index contributed by atoms with van der Waals surface area (Å²) in [7, 11) is 3.18. The van der Waals surface area contributed by atoms with Gasteiger partial charge in [0.2, 0.25) is 17.8 Å². The van der Waals surface area contributed by atoms with E-state index in [1.165, 1.54) is 22.1 Å². The molecule has 368 valence electrons. The number of nitrogens with one attached hydrogen (secondary N) is 3. The molecular formula is C53H59FN11O5P. The molecule has 3 saturated heterocycles. The molecule has 1 unspecified atom stereocenters. The van der Waals surface area contributed by atoms with E-state index in [0.717, 1.165) is 109 Å². The quantitative estimate of drug-likeness (QED) is 0.0729. The number of amides is 4. The standard InChI is InChI=1S/C53H59FN11O5P/c1-6-33-29-55-53(60-49(33)57-41-12-11-34-9-7-8-10-36(34)48(41)71(4)5)58-42-26-37(35-30-56-61(2)31-35)44(28-46(42)70-3)64-23-21-62(22-24-64)18-15-32-16-19-63(20-17-32)45-27-39-38(25-40(45)54)51(68)65(52(39)69)43-13-14-47(66)59-50(43)67/h7-12,25-32,43H,6,13-24H2,1-5H3,(H,59,66,67)(H2,55,57,58,60). The van der Waals surface area contributed by atoms with E-state index in [9.17, 15) is 19.2 Å². The summed E-state index contributed by atoms with van der Waals surface area (Å²) in [4.78, 5) is 68.5. The number of rotatable bonds is 14. The summed E-state index contributed by atoms with van der Waals surface area (Å²) >= 11 is 0. The number of methoxy groups -OCH3 is 1. The monoisotopic (exact) mass is 979 g/mol. The molecule has 10 rings (SSSR count). The fourth-order valence-corrected chi connectivity index (χ4v) is 11.9. The Bertz CT molecular complexity index is 3060. The summed E-state index contributed by atoms with van der Waals surface area (Å²) in [6.07, 6.45) is 9.39. The molecule has 4 aliphatic heterocycles. The second-order valence-corrected chi connectivity index (χ2v) is 21.3. The summed E-state index contributed by atoms with van der Waals surface area (Å²) in [5.74, 6) is -0.715. The van der Waals surface area contributed by atoms with E-state index >= 15 is 4.39 Å². The van der Waals surface area contributed by atoms with E-state index in [-0.39, 0.29) is 29.7 Å². The number of nitrogens with zero attached hydrogens (tertiary/aromatic N) is 8. The molecule has 3 fully saturated rings. The number of aryl methyl sites for hydroxylation is 2. The zero-order valence-corrected chi connectivity index (χ0v) is 41.7. The zero-order valence-electron chi connectivity index (χ0n) is 40.8. The first-order chi connectivity index (χ1) is 34.4. The lowest BCUT2D eigenvalue weighted by Crippen LogP contribution is -2.54. The lowest BCUT2D eigenvalue weighted by molar-refractivity contribution is -0.136. The number of imide groups is 2. The molecule has 0 aliphatic carbocycles. The Balaban J connectivity index is 0.785. The maximum atomic E-state index is 15.6. The largest absolute Gasteiger partial charge is 0.494 e. The molecule has 6 aromatic rings. The molecule has 4 aromatic carbocycles. The van der Waals surface area contributed by atoms with Gasteiger partial charge in [-0.05, 0) is 92.9 Å². The minimum atomic E-state index is -1.10. The molecule has 71 heavy (non-hydrogen) atoms. The summed E-state index contributed by atoms with van der Waals surface area (Å²) in [5.41, 5.74) is 6.20. The van der Waals surface area contributed by atoms with Crippen molar-refractivity contribution in [1.82, 2.24) is 34.9 Å². The van der Waals surface area contributed by atoms with Crippen LogP contribution in [0.1, 0.15) is 65.3 Å². The van der Waals surface area contributed by atoms with Gasteiger partial charge in [0.25, 0.3) is 11.8 Å². The van der Waals surface area contributed by atoms with Crippen LogP contribution in [0.5, 0.6) is 5.75 Å². The Kier molecular flexibility index (Phi) is 13.5. The molecular weight excluding hydrogens is 921 g/mol. The van der Waals surface area contributed by atoms with Crippen LogP contribution in [0.15, 0.2) is 79.3 Å². The van der Waals surface area contributed by atoms with Crippen LogP contribution >= 0.6 is 7.92 Å². The average molecular weight is 980 g/mol. The number of carbonyl (C=O) groups excluding carboxylic acids is 4. The topological polar surface area (TPSA) is 170 Å². The van der Waals surface area contributed by atoms with Gasteiger partial charge in [-0.15, -0.1) is 0 Å². The van der Waals surface area contributed by atoms with Crippen molar-refractivity contribution < 1.29 is 28.3 Å². The normalized spacial score (nSPS) is 17.9. The first kappa shape index (κ1) is 47.7. The van der Waals surface area contributed by atoms with Gasteiger partial charge in [-0.25, -0.2) is 9.37 Å². The molecule has 6 heterocycles. The van der Waals surface area contributed by atoms with Crippen molar-refractivity contribution in [3.8, 4) is 16.9 Å². The lowest BCUT2D eigenvalue weighted by atomic mass is 9.92. The second kappa shape index (κ2) is 20.0. The van der Waals surface area contributed by atoms with E-state index in [0.29, 0.717) is 30.7 Å². The Morgan fingerprint density at radius 1 is 0.831 bits per heavy atom. The highest BCUT2D eigenvalue weighted by atomic mass is 31.1. The highest BCUT2D eigenvalue weighted by Gasteiger charge is 2.45. The van der Waals surface area contributed by atoms with Crippen LogP contribution in [0.3, 0.4) is 0 Å². The minimum Gasteiger partial charge on any atom is -0.494 e. The van der Waals surface area contributed by atoms with E-state index in [4.69, 9.17) is 14.7 Å². The summed E-state index contributed by atoms with van der Waals surface area (Å²) < 4.78 is 23.5. The van der Waals surface area contributed by atoms with E-state index < -0.39 is 43.4 Å². The van der Waals surface area contributed by atoms with Crippen molar-refractivity contribution in [2.75, 3.05) is 86.7 Å². The van der Waals surface area contributed by atoms with Crippen LogP contribution in [0, 0.1) is 11.7 Å². The number of hydrogen-bond donors (Lipinski definition) is 3. The van der Waals surface area contributed by atoms with Crippen LogP contribution in [-0.2, 0) is 23.1 Å². The molecule has 3 N–H and O–H groups in total. The number of benzene rings is 4. The van der Waals surface area contributed by atoms with Crippen molar-refractivity contribution in [3.63, 3.8) is 0 Å². The molecule has 4 aliphatic rings. The zero-order chi connectivity index (χ0) is 49.5. The third-order valence-corrected chi connectivity index (χ3v) is 15.8. The predicted molar refractivity (Wildman–Crippen MR) is 277 cm³/mol. The van der Waals surface area contributed by atoms with Crippen molar-refractivity contribution in [2.24, 2.45) is 13.0 Å². The van der Waals surface area contributed by atoms with Gasteiger partial charge in [0, 0.05) is 105 Å². The van der Waals surface area contributed by atoms with Gasteiger partial charge >= 0.3 is 0 Å². The molecule has 0 bridgehead atoms. The maximum absolute atomic E-state index is 15.6. The van der Waals surface area contributed by atoms with Gasteiger partial charge in [-0.3, -0.25) is 39.0 Å². The van der Waals surface area contributed by atoms with E-state index in [2.05, 4.69) is 99.6 Å². The summed E-state index contributed by atoms with van der Waals surface area (Å²) in [6, 6.07) is 18.5. The fourth-order valence-electron chi connectivity index (χ4n) is 10.6. The van der Waals surface area contributed by atoms with Gasteiger partial charge in [-0.1, -0.05) is 45.2 Å². The summed E-state index contributed by atoms with van der Waals surface area (Å²) in [6.45, 7) is 12.3. The molecule has 0 radical (unpaired) electrons. The second-order valence-electron chi connectivity index (χ2n) is 19.1. The van der Waals surface area contributed by atoms with Crippen molar-refractivity contribution >= 4 is 82.1 Å². The van der Waals surface area contributed by atoms with Gasteiger partial charge in [0.05, 0.1) is 35.8 Å². The van der Waals surface area contributed by atoms with E-state index in [1.54, 1.807) is 7.11 Å². The fraction of sp³-hybridized carbons (Fsp3) is 0.377. The highest BCUT2D eigenvalue weighted by molar-refractivity contribution is 7.65. The van der Waals surface area contributed by atoms with Gasteiger partial charge in [0.1, 0.15) is 23.4 Å². The van der Waals surface area contributed by atoms with Crippen molar-refractivity contribution in [3.05, 3.63) is 102 Å². The number of carbonyl (C=O) groups is 4. The Labute approximate surface area is 413 Å². The van der Waals surface area contributed by atoms with Gasteiger partial charge in [-0.2, -0.15) is 10.1 Å². The number of fused-ring (bicyclic) bond motifs is 2. The van der Waals surface area contributed by atoms with Crippen molar-refractivity contribution in [2.45, 2.75) is 51.5 Å². The number of piperazine rings is 1.